The van der Waals surface area contributed by atoms with Gasteiger partial charge in [0.25, 0.3) is 10.0 Å². The molecule has 0 saturated heterocycles. The summed E-state index contributed by atoms with van der Waals surface area (Å²) in [7, 11) is -2.56. The van der Waals surface area contributed by atoms with Crippen molar-refractivity contribution in [3.05, 3.63) is 95.8 Å². The number of benzene rings is 3. The van der Waals surface area contributed by atoms with Crippen LogP contribution in [0.3, 0.4) is 0 Å². The van der Waals surface area contributed by atoms with E-state index >= 15 is 0 Å². The number of nitrogens with zero attached hydrogens (tertiary/aromatic N) is 2. The van der Waals surface area contributed by atoms with Crippen LogP contribution in [0.1, 0.15) is 11.1 Å². The van der Waals surface area contributed by atoms with Crippen LogP contribution in [0.5, 0.6) is 0 Å². The molecule has 1 amide bonds. The smallest absolute Gasteiger partial charge is 0.264 e. The second kappa shape index (κ2) is 9.09. The summed E-state index contributed by atoms with van der Waals surface area (Å²) in [5.41, 5.74) is 1.64. The van der Waals surface area contributed by atoms with Crippen molar-refractivity contribution >= 4 is 21.6 Å². The lowest BCUT2D eigenvalue weighted by atomic mass is 10.2. The Morgan fingerprint density at radius 1 is 0.900 bits per heavy atom. The highest BCUT2D eigenvalue weighted by atomic mass is 32.2. The van der Waals surface area contributed by atoms with Gasteiger partial charge in [0.2, 0.25) is 5.91 Å². The minimum absolute atomic E-state index is 0.00475. The number of hydrogen-bond donors (Lipinski definition) is 0. The maximum absolute atomic E-state index is 14.5. The van der Waals surface area contributed by atoms with Crippen LogP contribution in [-0.2, 0) is 21.4 Å². The van der Waals surface area contributed by atoms with E-state index in [9.17, 15) is 17.6 Å². The normalized spacial score (nSPS) is 11.2. The Balaban J connectivity index is 1.93. The summed E-state index contributed by atoms with van der Waals surface area (Å²) in [5, 5.41) is 0. The topological polar surface area (TPSA) is 57.7 Å². The van der Waals surface area contributed by atoms with E-state index in [-0.39, 0.29) is 10.6 Å². The summed E-state index contributed by atoms with van der Waals surface area (Å²) in [4.78, 5) is 14.3. The van der Waals surface area contributed by atoms with Crippen LogP contribution >= 0.6 is 0 Å². The van der Waals surface area contributed by atoms with Crippen molar-refractivity contribution in [1.29, 1.82) is 0 Å². The molecule has 30 heavy (non-hydrogen) atoms. The number of hydrogen-bond acceptors (Lipinski definition) is 3. The number of aryl methyl sites for hydroxylation is 1. The molecule has 3 aromatic carbocycles. The van der Waals surface area contributed by atoms with Crippen LogP contribution in [-0.4, -0.2) is 32.8 Å². The van der Waals surface area contributed by atoms with Crippen molar-refractivity contribution < 1.29 is 17.6 Å². The van der Waals surface area contributed by atoms with E-state index in [1.807, 2.05) is 37.3 Å². The zero-order valence-electron chi connectivity index (χ0n) is 16.8. The molecule has 0 bridgehead atoms. The van der Waals surface area contributed by atoms with Gasteiger partial charge in [-0.15, -0.1) is 0 Å². The number of sulfonamides is 1. The first-order chi connectivity index (χ1) is 14.3. The van der Waals surface area contributed by atoms with Gasteiger partial charge in [-0.25, -0.2) is 12.8 Å². The molecule has 3 aromatic rings. The maximum Gasteiger partial charge on any atom is 0.264 e. The van der Waals surface area contributed by atoms with Gasteiger partial charge in [-0.05, 0) is 36.8 Å². The number of para-hydroxylation sites is 1. The van der Waals surface area contributed by atoms with Gasteiger partial charge in [-0.1, -0.05) is 60.2 Å². The SMILES string of the molecule is Cc1ccc(S(=O)(=O)N(CC(=O)N(C)Cc2ccccc2)c2ccccc2F)cc1. The third kappa shape index (κ3) is 4.86. The number of halogens is 1. The second-order valence-corrected chi connectivity index (χ2v) is 8.87. The van der Waals surface area contributed by atoms with Crippen molar-refractivity contribution in [2.45, 2.75) is 18.4 Å². The Labute approximate surface area is 176 Å². The van der Waals surface area contributed by atoms with E-state index in [4.69, 9.17) is 0 Å². The van der Waals surface area contributed by atoms with Gasteiger partial charge in [0.15, 0.2) is 0 Å². The van der Waals surface area contributed by atoms with Crippen molar-refractivity contribution in [3.63, 3.8) is 0 Å². The molecule has 5 nitrogen and oxygen atoms in total. The average Bonchev–Trinajstić information content (AvgIpc) is 2.73. The van der Waals surface area contributed by atoms with Crippen LogP contribution in [0.2, 0.25) is 0 Å². The minimum atomic E-state index is -4.15. The van der Waals surface area contributed by atoms with E-state index < -0.39 is 28.3 Å². The molecule has 0 radical (unpaired) electrons. The van der Waals surface area contributed by atoms with Crippen molar-refractivity contribution in [3.8, 4) is 0 Å². The van der Waals surface area contributed by atoms with Crippen LogP contribution < -0.4 is 4.31 Å². The quantitative estimate of drug-likeness (QED) is 0.574. The fraction of sp³-hybridized carbons (Fsp3) is 0.174. The van der Waals surface area contributed by atoms with Gasteiger partial charge in [-0.2, -0.15) is 0 Å². The van der Waals surface area contributed by atoms with Gasteiger partial charge in [0.05, 0.1) is 10.6 Å². The molecule has 0 heterocycles. The predicted octanol–water partition coefficient (Wildman–Crippen LogP) is 3.99. The summed E-state index contributed by atoms with van der Waals surface area (Å²) in [5.74, 6) is -1.16. The van der Waals surface area contributed by atoms with E-state index in [2.05, 4.69) is 0 Å². The van der Waals surface area contributed by atoms with Gasteiger partial charge in [0.1, 0.15) is 12.4 Å². The molecule has 0 aliphatic heterocycles. The predicted molar refractivity (Wildman–Crippen MR) is 115 cm³/mol. The monoisotopic (exact) mass is 426 g/mol. The first kappa shape index (κ1) is 21.5. The van der Waals surface area contributed by atoms with Crippen LogP contribution in [0.15, 0.2) is 83.8 Å². The van der Waals surface area contributed by atoms with Gasteiger partial charge in [-0.3, -0.25) is 9.10 Å². The number of carbonyl (C=O) groups is 1. The van der Waals surface area contributed by atoms with E-state index in [1.165, 1.54) is 41.3 Å². The van der Waals surface area contributed by atoms with Crippen LogP contribution in [0, 0.1) is 12.7 Å². The summed E-state index contributed by atoms with van der Waals surface area (Å²) in [6, 6.07) is 21.1. The van der Waals surface area contributed by atoms with E-state index in [0.29, 0.717) is 6.54 Å². The molecule has 0 aliphatic carbocycles. The zero-order chi connectivity index (χ0) is 21.7. The highest BCUT2D eigenvalue weighted by molar-refractivity contribution is 7.92. The van der Waals surface area contributed by atoms with Gasteiger partial charge in [0, 0.05) is 13.6 Å². The third-order valence-corrected chi connectivity index (χ3v) is 6.47. The molecule has 0 atom stereocenters. The number of carbonyl (C=O) groups excluding carboxylic acids is 1. The maximum atomic E-state index is 14.5. The summed E-state index contributed by atoms with van der Waals surface area (Å²) in [6.07, 6.45) is 0. The first-order valence-electron chi connectivity index (χ1n) is 9.41. The molecular weight excluding hydrogens is 403 g/mol. The molecule has 0 aromatic heterocycles. The lowest BCUT2D eigenvalue weighted by Gasteiger charge is -2.27. The molecule has 0 saturated carbocycles. The second-order valence-electron chi connectivity index (χ2n) is 7.01. The zero-order valence-corrected chi connectivity index (χ0v) is 17.6. The minimum Gasteiger partial charge on any atom is -0.340 e. The number of likely N-dealkylation sites (N-methyl/N-ethyl adjacent to an activating group) is 1. The van der Waals surface area contributed by atoms with Crippen molar-refractivity contribution in [2.24, 2.45) is 0 Å². The van der Waals surface area contributed by atoms with Crippen LogP contribution in [0.25, 0.3) is 0 Å². The standard InChI is InChI=1S/C23H23FN2O3S/c1-18-12-14-20(15-13-18)30(28,29)26(22-11-7-6-10-21(22)24)17-23(27)25(2)16-19-8-4-3-5-9-19/h3-15H,16-17H2,1-2H3. The highest BCUT2D eigenvalue weighted by Gasteiger charge is 2.30. The third-order valence-electron chi connectivity index (χ3n) is 4.70. The van der Waals surface area contributed by atoms with E-state index in [1.54, 1.807) is 19.2 Å². The molecule has 0 unspecified atom stereocenters. The summed E-state index contributed by atoms with van der Waals surface area (Å²) >= 11 is 0. The number of rotatable bonds is 7. The molecule has 3 rings (SSSR count). The van der Waals surface area contributed by atoms with Crippen LogP contribution in [0.4, 0.5) is 10.1 Å². The number of anilines is 1. The molecule has 0 aliphatic rings. The Kier molecular flexibility index (Phi) is 6.52. The van der Waals surface area contributed by atoms with Crippen molar-refractivity contribution in [2.75, 3.05) is 17.9 Å². The lowest BCUT2D eigenvalue weighted by Crippen LogP contribution is -2.41. The molecular formula is C23H23FN2O3S. The molecule has 0 fully saturated rings. The largest absolute Gasteiger partial charge is 0.340 e. The Bertz CT molecular complexity index is 1120. The van der Waals surface area contributed by atoms with Gasteiger partial charge >= 0.3 is 0 Å². The average molecular weight is 427 g/mol. The van der Waals surface area contributed by atoms with Gasteiger partial charge < -0.3 is 4.90 Å². The fourth-order valence-corrected chi connectivity index (χ4v) is 4.40. The Morgan fingerprint density at radius 3 is 2.13 bits per heavy atom. The summed E-state index contributed by atoms with van der Waals surface area (Å²) in [6.45, 7) is 1.64. The molecule has 0 spiro atoms. The fourth-order valence-electron chi connectivity index (χ4n) is 2.98. The van der Waals surface area contributed by atoms with Crippen molar-refractivity contribution in [1.82, 2.24) is 4.90 Å². The summed E-state index contributed by atoms with van der Waals surface area (Å²) < 4.78 is 41.9. The lowest BCUT2D eigenvalue weighted by molar-refractivity contribution is -0.128. The highest BCUT2D eigenvalue weighted by Crippen LogP contribution is 2.26. The molecule has 156 valence electrons. The first-order valence-corrected chi connectivity index (χ1v) is 10.8. The molecule has 7 heteroatoms. The Hall–Kier alpha value is -3.19. The number of amides is 1. The Morgan fingerprint density at radius 2 is 1.50 bits per heavy atom. The van der Waals surface area contributed by atoms with E-state index in [0.717, 1.165) is 15.4 Å². The molecule has 0 N–H and O–H groups in total.